The van der Waals surface area contributed by atoms with Crippen LogP contribution in [-0.4, -0.2) is 20.9 Å². The molecule has 1 aliphatic heterocycles. The predicted octanol–water partition coefficient (Wildman–Crippen LogP) is 2.39. The molecule has 0 aliphatic carbocycles. The molecule has 22 heavy (non-hydrogen) atoms. The van der Waals surface area contributed by atoms with Crippen molar-refractivity contribution in [1.29, 1.82) is 0 Å². The lowest BCUT2D eigenvalue weighted by Crippen LogP contribution is -2.28. The highest BCUT2D eigenvalue weighted by Crippen LogP contribution is 2.41. The molecule has 1 amide bonds. The first kappa shape index (κ1) is 14.8. The van der Waals surface area contributed by atoms with Crippen LogP contribution >= 0.6 is 0 Å². The third-order valence-electron chi connectivity index (χ3n) is 3.97. The van der Waals surface area contributed by atoms with Gasteiger partial charge < -0.3 is 5.73 Å². The Morgan fingerprint density at radius 1 is 1.05 bits per heavy atom. The van der Waals surface area contributed by atoms with E-state index in [1.54, 1.807) is 12.1 Å². The number of primary amides is 1. The molecule has 0 radical (unpaired) electrons. The lowest BCUT2D eigenvalue weighted by molar-refractivity contribution is -0.118. The molecule has 2 aromatic rings. The highest BCUT2D eigenvalue weighted by molar-refractivity contribution is 7.93. The van der Waals surface area contributed by atoms with E-state index in [9.17, 15) is 13.2 Å². The van der Waals surface area contributed by atoms with Gasteiger partial charge in [0, 0.05) is 18.4 Å². The number of hydrogen-bond donors (Lipinski definition) is 1. The van der Waals surface area contributed by atoms with Gasteiger partial charge in [-0.05, 0) is 30.4 Å². The van der Waals surface area contributed by atoms with Crippen LogP contribution in [0.1, 0.15) is 25.7 Å². The van der Waals surface area contributed by atoms with Crippen molar-refractivity contribution in [3.8, 4) is 0 Å². The summed E-state index contributed by atoms with van der Waals surface area (Å²) in [5.41, 5.74) is 5.86. The third-order valence-corrected chi connectivity index (χ3v) is 5.82. The molecule has 1 heterocycles. The Kier molecular flexibility index (Phi) is 3.78. The molecule has 6 heteroatoms. The van der Waals surface area contributed by atoms with E-state index in [-0.39, 0.29) is 5.91 Å². The predicted molar refractivity (Wildman–Crippen MR) is 86.1 cm³/mol. The topological polar surface area (TPSA) is 80.5 Å². The minimum atomic E-state index is -3.46. The number of carbonyl (C=O) groups is 1. The Balaban J connectivity index is 1.82. The molecule has 2 aromatic carbocycles. The number of amides is 1. The third kappa shape index (κ3) is 2.43. The number of sulfonamides is 1. The molecule has 0 bridgehead atoms. The summed E-state index contributed by atoms with van der Waals surface area (Å²) in [6.07, 6.45) is 2.53. The first-order chi connectivity index (χ1) is 10.5. The van der Waals surface area contributed by atoms with E-state index < -0.39 is 10.0 Å². The highest BCUT2D eigenvalue weighted by Gasteiger charge is 2.34. The van der Waals surface area contributed by atoms with E-state index in [4.69, 9.17) is 5.73 Å². The molecule has 1 aliphatic rings. The molecule has 0 saturated carbocycles. The van der Waals surface area contributed by atoms with Crippen LogP contribution in [0, 0.1) is 0 Å². The summed E-state index contributed by atoms with van der Waals surface area (Å²) in [6, 6.07) is 11.0. The number of benzene rings is 2. The van der Waals surface area contributed by atoms with Gasteiger partial charge in [0.05, 0.1) is 10.6 Å². The van der Waals surface area contributed by atoms with Crippen LogP contribution in [0.5, 0.6) is 0 Å². The number of anilines is 1. The van der Waals surface area contributed by atoms with Gasteiger partial charge in [0.2, 0.25) is 5.91 Å². The number of carbonyl (C=O) groups excluding carboxylic acids is 1. The van der Waals surface area contributed by atoms with E-state index >= 15 is 0 Å². The van der Waals surface area contributed by atoms with Gasteiger partial charge in [-0.1, -0.05) is 30.7 Å². The summed E-state index contributed by atoms with van der Waals surface area (Å²) >= 11 is 0. The smallest absolute Gasteiger partial charge is 0.265 e. The maximum absolute atomic E-state index is 12.7. The Bertz CT molecular complexity index is 825. The highest BCUT2D eigenvalue weighted by atomic mass is 32.2. The maximum atomic E-state index is 12.7. The van der Waals surface area contributed by atoms with E-state index in [2.05, 4.69) is 0 Å². The van der Waals surface area contributed by atoms with Gasteiger partial charge in [-0.2, -0.15) is 0 Å². The lowest BCUT2D eigenvalue weighted by Gasteiger charge is -2.18. The molecule has 5 nitrogen and oxygen atoms in total. The Morgan fingerprint density at radius 2 is 1.77 bits per heavy atom. The number of rotatable bonds is 6. The fourth-order valence-electron chi connectivity index (χ4n) is 2.93. The molecular weight excluding hydrogens is 300 g/mol. The summed E-state index contributed by atoms with van der Waals surface area (Å²) in [6.45, 7) is 0.425. The van der Waals surface area contributed by atoms with Gasteiger partial charge in [0.25, 0.3) is 10.0 Å². The molecule has 0 spiro atoms. The zero-order chi connectivity index (χ0) is 15.7. The van der Waals surface area contributed by atoms with Crippen LogP contribution in [0.3, 0.4) is 0 Å². The van der Waals surface area contributed by atoms with Crippen LogP contribution in [-0.2, 0) is 14.8 Å². The summed E-state index contributed by atoms with van der Waals surface area (Å²) in [7, 11) is -3.46. The average molecular weight is 318 g/mol. The standard InChI is InChI=1S/C16H18N2O3S/c17-15(19)10-2-1-3-11-18-13-8-4-6-12-7-5-9-14(16(12)13)22(18,20)21/h4-9H,1-3,10-11H2,(H2,17,19). The minimum Gasteiger partial charge on any atom is -0.370 e. The summed E-state index contributed by atoms with van der Waals surface area (Å²) in [5, 5.41) is 1.75. The van der Waals surface area contributed by atoms with E-state index in [1.807, 2.05) is 24.3 Å². The van der Waals surface area contributed by atoms with Crippen molar-refractivity contribution in [2.45, 2.75) is 30.6 Å². The molecule has 3 rings (SSSR count). The molecule has 116 valence electrons. The van der Waals surface area contributed by atoms with Crippen molar-refractivity contribution < 1.29 is 13.2 Å². The van der Waals surface area contributed by atoms with Crippen LogP contribution in [0.2, 0.25) is 0 Å². The lowest BCUT2D eigenvalue weighted by atomic mass is 10.1. The molecule has 2 N–H and O–H groups in total. The maximum Gasteiger partial charge on any atom is 0.265 e. The molecule has 0 fully saturated rings. The van der Waals surface area contributed by atoms with Gasteiger partial charge in [-0.15, -0.1) is 0 Å². The normalized spacial score (nSPS) is 15.4. The van der Waals surface area contributed by atoms with Gasteiger partial charge in [-0.3, -0.25) is 9.10 Å². The van der Waals surface area contributed by atoms with Gasteiger partial charge in [0.15, 0.2) is 0 Å². The van der Waals surface area contributed by atoms with Crippen molar-refractivity contribution in [2.24, 2.45) is 5.73 Å². The van der Waals surface area contributed by atoms with Gasteiger partial charge >= 0.3 is 0 Å². The second-order valence-corrected chi connectivity index (χ2v) is 7.32. The summed E-state index contributed by atoms with van der Waals surface area (Å²) < 4.78 is 26.9. The monoisotopic (exact) mass is 318 g/mol. The van der Waals surface area contributed by atoms with Crippen LogP contribution in [0.4, 0.5) is 5.69 Å². The second kappa shape index (κ2) is 5.61. The first-order valence-electron chi connectivity index (χ1n) is 7.34. The molecule has 0 atom stereocenters. The Morgan fingerprint density at radius 3 is 2.50 bits per heavy atom. The molecular formula is C16H18N2O3S. The zero-order valence-corrected chi connectivity index (χ0v) is 13.0. The van der Waals surface area contributed by atoms with Crippen molar-refractivity contribution in [3.63, 3.8) is 0 Å². The number of hydrogen-bond acceptors (Lipinski definition) is 3. The number of unbranched alkanes of at least 4 members (excludes halogenated alkanes) is 2. The minimum absolute atomic E-state index is 0.314. The first-order valence-corrected chi connectivity index (χ1v) is 8.78. The summed E-state index contributed by atoms with van der Waals surface area (Å²) in [5.74, 6) is -0.314. The Hall–Kier alpha value is -2.08. The van der Waals surface area contributed by atoms with Crippen molar-refractivity contribution in [3.05, 3.63) is 36.4 Å². The van der Waals surface area contributed by atoms with E-state index in [1.165, 1.54) is 4.31 Å². The van der Waals surface area contributed by atoms with E-state index in [0.29, 0.717) is 30.7 Å². The van der Waals surface area contributed by atoms with E-state index in [0.717, 1.165) is 22.9 Å². The quantitative estimate of drug-likeness (QED) is 0.830. The van der Waals surface area contributed by atoms with Crippen molar-refractivity contribution in [2.75, 3.05) is 10.8 Å². The second-order valence-electron chi connectivity index (χ2n) is 5.49. The fourth-order valence-corrected chi connectivity index (χ4v) is 4.68. The molecule has 0 unspecified atom stereocenters. The fraction of sp³-hybridized carbons (Fsp3) is 0.312. The van der Waals surface area contributed by atoms with Crippen LogP contribution in [0.25, 0.3) is 10.8 Å². The van der Waals surface area contributed by atoms with Gasteiger partial charge in [0.1, 0.15) is 0 Å². The largest absolute Gasteiger partial charge is 0.370 e. The van der Waals surface area contributed by atoms with Crippen molar-refractivity contribution in [1.82, 2.24) is 0 Å². The molecule has 0 aromatic heterocycles. The van der Waals surface area contributed by atoms with Crippen molar-refractivity contribution >= 4 is 32.4 Å². The Labute approximate surface area is 129 Å². The van der Waals surface area contributed by atoms with Crippen LogP contribution < -0.4 is 10.0 Å². The number of nitrogens with two attached hydrogens (primary N) is 1. The number of nitrogens with zero attached hydrogens (tertiary/aromatic N) is 1. The summed E-state index contributed by atoms with van der Waals surface area (Å²) in [4.78, 5) is 11.1. The SMILES string of the molecule is NC(=O)CCCCCN1c2cccc3cccc(c23)S1(=O)=O. The van der Waals surface area contributed by atoms with Crippen LogP contribution in [0.15, 0.2) is 41.3 Å². The average Bonchev–Trinajstić information content (AvgIpc) is 2.70. The zero-order valence-electron chi connectivity index (χ0n) is 12.2. The molecule has 0 saturated heterocycles. The van der Waals surface area contributed by atoms with Gasteiger partial charge in [-0.25, -0.2) is 8.42 Å².